The molecule has 1 fully saturated rings. The molecular formula is C15H18N4. The zero-order valence-electron chi connectivity index (χ0n) is 11.2. The van der Waals surface area contributed by atoms with Gasteiger partial charge in [-0.25, -0.2) is 9.97 Å². The second-order valence-corrected chi connectivity index (χ2v) is 5.14. The summed E-state index contributed by atoms with van der Waals surface area (Å²) in [4.78, 5) is 15.6. The van der Waals surface area contributed by atoms with Gasteiger partial charge in [0.15, 0.2) is 0 Å². The molecule has 0 bridgehead atoms. The number of aryl methyl sites for hydroxylation is 1. The standard InChI is InChI=1S/C15H18N4/c1-12-4-7-17-15(18-12)14-5-8-19(11-14)10-13-3-2-6-16-9-13/h2-4,6-7,9,14H,5,8,10-11H2,1H3. The van der Waals surface area contributed by atoms with Gasteiger partial charge in [-0.05, 0) is 37.6 Å². The van der Waals surface area contributed by atoms with E-state index in [9.17, 15) is 0 Å². The van der Waals surface area contributed by atoms with Crippen molar-refractivity contribution in [2.45, 2.75) is 25.8 Å². The number of nitrogens with zero attached hydrogens (tertiary/aromatic N) is 4. The SMILES string of the molecule is Cc1ccnc(C2CCN(Cc3cccnc3)C2)n1. The van der Waals surface area contributed by atoms with Crippen LogP contribution < -0.4 is 0 Å². The number of likely N-dealkylation sites (tertiary alicyclic amines) is 1. The molecule has 1 aliphatic heterocycles. The first-order valence-electron chi connectivity index (χ1n) is 6.72. The van der Waals surface area contributed by atoms with Crippen molar-refractivity contribution in [3.63, 3.8) is 0 Å². The van der Waals surface area contributed by atoms with Gasteiger partial charge in [0.1, 0.15) is 5.82 Å². The summed E-state index contributed by atoms with van der Waals surface area (Å²) in [6.45, 7) is 5.14. The van der Waals surface area contributed by atoms with E-state index in [0.29, 0.717) is 5.92 Å². The molecule has 0 radical (unpaired) electrons. The Bertz CT molecular complexity index is 541. The lowest BCUT2D eigenvalue weighted by Gasteiger charge is -2.15. The van der Waals surface area contributed by atoms with Crippen molar-refractivity contribution in [1.82, 2.24) is 19.9 Å². The monoisotopic (exact) mass is 254 g/mol. The maximum atomic E-state index is 4.55. The molecule has 1 unspecified atom stereocenters. The Hall–Kier alpha value is -1.81. The Balaban J connectivity index is 1.64. The lowest BCUT2D eigenvalue weighted by molar-refractivity contribution is 0.325. The van der Waals surface area contributed by atoms with E-state index in [1.807, 2.05) is 37.6 Å². The summed E-state index contributed by atoms with van der Waals surface area (Å²) in [5.41, 5.74) is 2.32. The zero-order chi connectivity index (χ0) is 13.1. The highest BCUT2D eigenvalue weighted by Gasteiger charge is 2.25. The van der Waals surface area contributed by atoms with Gasteiger partial charge in [-0.15, -0.1) is 0 Å². The van der Waals surface area contributed by atoms with Crippen LogP contribution in [-0.2, 0) is 6.54 Å². The highest BCUT2D eigenvalue weighted by Crippen LogP contribution is 2.25. The van der Waals surface area contributed by atoms with E-state index in [1.54, 1.807) is 0 Å². The Morgan fingerprint density at radius 2 is 2.26 bits per heavy atom. The average Bonchev–Trinajstić information content (AvgIpc) is 2.88. The normalized spacial score (nSPS) is 19.7. The summed E-state index contributed by atoms with van der Waals surface area (Å²) >= 11 is 0. The molecule has 0 aromatic carbocycles. The largest absolute Gasteiger partial charge is 0.298 e. The number of hydrogen-bond acceptors (Lipinski definition) is 4. The zero-order valence-corrected chi connectivity index (χ0v) is 11.2. The number of pyridine rings is 1. The molecule has 19 heavy (non-hydrogen) atoms. The molecule has 3 rings (SSSR count). The van der Waals surface area contributed by atoms with Crippen LogP contribution in [0, 0.1) is 6.92 Å². The molecule has 98 valence electrons. The van der Waals surface area contributed by atoms with Crippen LogP contribution in [0.1, 0.15) is 29.4 Å². The quantitative estimate of drug-likeness (QED) is 0.842. The first-order valence-corrected chi connectivity index (χ1v) is 6.72. The van der Waals surface area contributed by atoms with Crippen LogP contribution in [0.25, 0.3) is 0 Å². The van der Waals surface area contributed by atoms with E-state index in [1.165, 1.54) is 5.56 Å². The predicted octanol–water partition coefficient (Wildman–Crippen LogP) is 2.17. The molecule has 0 N–H and O–H groups in total. The lowest BCUT2D eigenvalue weighted by atomic mass is 10.1. The molecule has 0 amide bonds. The summed E-state index contributed by atoms with van der Waals surface area (Å²) in [5, 5.41) is 0. The smallest absolute Gasteiger partial charge is 0.132 e. The van der Waals surface area contributed by atoms with Crippen LogP contribution in [0.15, 0.2) is 36.8 Å². The summed E-state index contributed by atoms with van der Waals surface area (Å²) in [6.07, 6.45) is 6.76. The fourth-order valence-corrected chi connectivity index (χ4v) is 2.60. The molecule has 4 heteroatoms. The summed E-state index contributed by atoms with van der Waals surface area (Å²) in [7, 11) is 0. The fraction of sp³-hybridized carbons (Fsp3) is 0.400. The third-order valence-electron chi connectivity index (χ3n) is 3.58. The molecule has 1 aliphatic rings. The van der Waals surface area contributed by atoms with Crippen molar-refractivity contribution in [2.24, 2.45) is 0 Å². The van der Waals surface area contributed by atoms with E-state index in [-0.39, 0.29) is 0 Å². The van der Waals surface area contributed by atoms with Crippen molar-refractivity contribution in [3.8, 4) is 0 Å². The maximum absolute atomic E-state index is 4.55. The van der Waals surface area contributed by atoms with Gasteiger partial charge in [-0.3, -0.25) is 9.88 Å². The van der Waals surface area contributed by atoms with Crippen LogP contribution in [0.3, 0.4) is 0 Å². The van der Waals surface area contributed by atoms with Gasteiger partial charge in [-0.2, -0.15) is 0 Å². The second-order valence-electron chi connectivity index (χ2n) is 5.14. The molecule has 3 heterocycles. The minimum atomic E-state index is 0.469. The first-order chi connectivity index (χ1) is 9.31. The van der Waals surface area contributed by atoms with E-state index >= 15 is 0 Å². The van der Waals surface area contributed by atoms with E-state index in [2.05, 4.69) is 25.9 Å². The first kappa shape index (κ1) is 12.2. The molecule has 2 aromatic rings. The minimum Gasteiger partial charge on any atom is -0.298 e. The van der Waals surface area contributed by atoms with Crippen molar-refractivity contribution >= 4 is 0 Å². The van der Waals surface area contributed by atoms with Crippen LogP contribution >= 0.6 is 0 Å². The van der Waals surface area contributed by atoms with Crippen LogP contribution in [0.5, 0.6) is 0 Å². The molecule has 0 saturated carbocycles. The van der Waals surface area contributed by atoms with E-state index in [4.69, 9.17) is 0 Å². The summed E-state index contributed by atoms with van der Waals surface area (Å²) < 4.78 is 0. The average molecular weight is 254 g/mol. The molecule has 2 aromatic heterocycles. The molecule has 1 saturated heterocycles. The van der Waals surface area contributed by atoms with Gasteiger partial charge in [0.2, 0.25) is 0 Å². The lowest BCUT2D eigenvalue weighted by Crippen LogP contribution is -2.20. The minimum absolute atomic E-state index is 0.469. The van der Waals surface area contributed by atoms with Crippen molar-refractivity contribution < 1.29 is 0 Å². The molecular weight excluding hydrogens is 236 g/mol. The fourth-order valence-electron chi connectivity index (χ4n) is 2.60. The summed E-state index contributed by atoms with van der Waals surface area (Å²) in [6, 6.07) is 6.07. The second kappa shape index (κ2) is 5.45. The Kier molecular flexibility index (Phi) is 3.51. The third-order valence-corrected chi connectivity index (χ3v) is 3.58. The van der Waals surface area contributed by atoms with Crippen molar-refractivity contribution in [1.29, 1.82) is 0 Å². The van der Waals surface area contributed by atoms with E-state index in [0.717, 1.165) is 37.6 Å². The molecule has 4 nitrogen and oxygen atoms in total. The van der Waals surface area contributed by atoms with Gasteiger partial charge in [-0.1, -0.05) is 6.07 Å². The van der Waals surface area contributed by atoms with Gasteiger partial charge in [0, 0.05) is 43.3 Å². The van der Waals surface area contributed by atoms with E-state index < -0.39 is 0 Å². The molecule has 0 spiro atoms. The topological polar surface area (TPSA) is 41.9 Å². The highest BCUT2D eigenvalue weighted by atomic mass is 15.2. The third kappa shape index (κ3) is 2.96. The Morgan fingerprint density at radius 1 is 1.32 bits per heavy atom. The summed E-state index contributed by atoms with van der Waals surface area (Å²) in [5.74, 6) is 1.46. The van der Waals surface area contributed by atoms with Gasteiger partial charge >= 0.3 is 0 Å². The Labute approximate surface area is 113 Å². The Morgan fingerprint density at radius 3 is 3.05 bits per heavy atom. The number of hydrogen-bond donors (Lipinski definition) is 0. The van der Waals surface area contributed by atoms with Crippen molar-refractivity contribution in [2.75, 3.05) is 13.1 Å². The van der Waals surface area contributed by atoms with Gasteiger partial charge in [0.05, 0.1) is 0 Å². The maximum Gasteiger partial charge on any atom is 0.132 e. The van der Waals surface area contributed by atoms with Gasteiger partial charge in [0.25, 0.3) is 0 Å². The number of rotatable bonds is 3. The molecule has 0 aliphatic carbocycles. The van der Waals surface area contributed by atoms with Crippen LogP contribution in [-0.4, -0.2) is 32.9 Å². The van der Waals surface area contributed by atoms with Crippen molar-refractivity contribution in [3.05, 3.63) is 53.9 Å². The van der Waals surface area contributed by atoms with Crippen LogP contribution in [0.2, 0.25) is 0 Å². The van der Waals surface area contributed by atoms with Gasteiger partial charge < -0.3 is 0 Å². The number of aromatic nitrogens is 3. The predicted molar refractivity (Wildman–Crippen MR) is 73.6 cm³/mol. The highest BCUT2D eigenvalue weighted by molar-refractivity contribution is 5.10. The van der Waals surface area contributed by atoms with Crippen LogP contribution in [0.4, 0.5) is 0 Å². The molecule has 1 atom stereocenters.